The second-order valence-corrected chi connectivity index (χ2v) is 6.43. The van der Waals surface area contributed by atoms with Crippen molar-refractivity contribution in [2.45, 2.75) is 19.3 Å². The maximum Gasteiger partial charge on any atom is 0.265 e. The largest absolute Gasteiger partial charge is 0.396 e. The number of nitrogen functional groups attached to an aromatic ring is 1. The molecule has 1 aliphatic carbocycles. The highest BCUT2D eigenvalue weighted by Gasteiger charge is 2.27. The minimum absolute atomic E-state index is 0.170. The molecule has 6 nitrogen and oxygen atoms in total. The Morgan fingerprint density at radius 3 is 2.80 bits per heavy atom. The van der Waals surface area contributed by atoms with Crippen molar-refractivity contribution in [3.05, 3.63) is 4.88 Å². The van der Waals surface area contributed by atoms with E-state index in [1.54, 1.807) is 0 Å². The summed E-state index contributed by atoms with van der Waals surface area (Å²) in [6.07, 6.45) is 3.23. The minimum atomic E-state index is -0.170. The molecule has 1 amide bonds. The fourth-order valence-electron chi connectivity index (χ4n) is 2.60. The maximum atomic E-state index is 12.2. The van der Waals surface area contributed by atoms with Crippen LogP contribution in [0.5, 0.6) is 0 Å². The van der Waals surface area contributed by atoms with Gasteiger partial charge in [-0.25, -0.2) is 4.98 Å². The first-order valence-corrected chi connectivity index (χ1v) is 7.67. The molecule has 1 aromatic heterocycles. The summed E-state index contributed by atoms with van der Waals surface area (Å²) in [6.45, 7) is 0.798. The summed E-state index contributed by atoms with van der Waals surface area (Å²) in [5.74, 6) is 0.788. The van der Waals surface area contributed by atoms with Crippen LogP contribution >= 0.6 is 11.3 Å². The number of nitrogens with zero attached hydrogens (tertiary/aromatic N) is 2. The number of nitrogens with two attached hydrogens (primary N) is 1. The molecule has 1 saturated carbocycles. The highest BCUT2D eigenvalue weighted by Crippen LogP contribution is 2.31. The minimum Gasteiger partial charge on any atom is -0.396 e. The summed E-state index contributed by atoms with van der Waals surface area (Å²) < 4.78 is 0. The highest BCUT2D eigenvalue weighted by molar-refractivity contribution is 7.18. The van der Waals surface area contributed by atoms with Gasteiger partial charge in [-0.15, -0.1) is 0 Å². The summed E-state index contributed by atoms with van der Waals surface area (Å²) in [5, 5.41) is 12.9. The van der Waals surface area contributed by atoms with E-state index in [1.165, 1.54) is 11.3 Å². The van der Waals surface area contributed by atoms with Gasteiger partial charge >= 0.3 is 0 Å². The Bertz CT molecular complexity index is 475. The summed E-state index contributed by atoms with van der Waals surface area (Å²) >= 11 is 1.29. The van der Waals surface area contributed by atoms with E-state index in [0.717, 1.165) is 24.4 Å². The van der Waals surface area contributed by atoms with Gasteiger partial charge in [0.05, 0.1) is 0 Å². The third kappa shape index (κ3) is 3.21. The number of aliphatic hydroxyl groups is 1. The van der Waals surface area contributed by atoms with Gasteiger partial charge in [0.25, 0.3) is 5.91 Å². The Kier molecular flexibility index (Phi) is 4.82. The number of amides is 1. The molecule has 0 bridgehead atoms. The van der Waals surface area contributed by atoms with E-state index in [2.05, 4.69) is 10.3 Å². The third-order valence-corrected chi connectivity index (χ3v) is 5.04. The first-order chi connectivity index (χ1) is 9.52. The lowest BCUT2D eigenvalue weighted by Gasteiger charge is -2.17. The van der Waals surface area contributed by atoms with Crippen molar-refractivity contribution in [2.75, 3.05) is 37.9 Å². The lowest BCUT2D eigenvalue weighted by atomic mass is 9.97. The number of nitrogens with one attached hydrogen (secondary N) is 1. The van der Waals surface area contributed by atoms with Crippen molar-refractivity contribution < 1.29 is 9.90 Å². The molecule has 0 spiro atoms. The monoisotopic (exact) mass is 298 g/mol. The first kappa shape index (κ1) is 15.1. The van der Waals surface area contributed by atoms with Crippen molar-refractivity contribution >= 4 is 28.2 Å². The molecule has 0 saturated heterocycles. The van der Waals surface area contributed by atoms with Crippen molar-refractivity contribution in [3.63, 3.8) is 0 Å². The zero-order valence-electron chi connectivity index (χ0n) is 11.9. The van der Waals surface area contributed by atoms with Crippen molar-refractivity contribution in [1.82, 2.24) is 10.3 Å². The van der Waals surface area contributed by atoms with E-state index in [9.17, 15) is 9.90 Å². The summed E-state index contributed by atoms with van der Waals surface area (Å²) in [5.41, 5.74) is 5.79. The normalized spacial score (nSPS) is 21.9. The molecule has 20 heavy (non-hydrogen) atoms. The van der Waals surface area contributed by atoms with E-state index in [4.69, 9.17) is 5.73 Å². The van der Waals surface area contributed by atoms with Crippen molar-refractivity contribution in [1.29, 1.82) is 0 Å². The van der Waals surface area contributed by atoms with Crippen molar-refractivity contribution in [2.24, 2.45) is 11.8 Å². The average molecular weight is 298 g/mol. The van der Waals surface area contributed by atoms with Gasteiger partial charge in [-0.1, -0.05) is 17.8 Å². The SMILES string of the molecule is CN(C)c1nc(N)c(C(=O)NCC2CCCC2CO)s1. The van der Waals surface area contributed by atoms with Crippen LogP contribution in [0.2, 0.25) is 0 Å². The zero-order chi connectivity index (χ0) is 14.7. The molecule has 112 valence electrons. The smallest absolute Gasteiger partial charge is 0.265 e. The van der Waals surface area contributed by atoms with Gasteiger partial charge in [-0.3, -0.25) is 4.79 Å². The molecule has 0 radical (unpaired) electrons. The van der Waals surface area contributed by atoms with Crippen LogP contribution in [0.4, 0.5) is 10.9 Å². The molecule has 1 heterocycles. The Labute approximate surface area is 123 Å². The lowest BCUT2D eigenvalue weighted by Crippen LogP contribution is -2.31. The number of anilines is 2. The van der Waals surface area contributed by atoms with Crippen LogP contribution in [-0.4, -0.2) is 43.2 Å². The van der Waals surface area contributed by atoms with Gasteiger partial charge in [-0.05, 0) is 24.7 Å². The average Bonchev–Trinajstić information content (AvgIpc) is 3.01. The number of aliphatic hydroxyl groups excluding tert-OH is 1. The number of rotatable bonds is 5. The quantitative estimate of drug-likeness (QED) is 0.752. The van der Waals surface area contributed by atoms with Gasteiger partial charge in [0.15, 0.2) is 5.13 Å². The molecular formula is C13H22N4O2S. The molecule has 2 atom stereocenters. The van der Waals surface area contributed by atoms with Crippen LogP contribution in [0.15, 0.2) is 0 Å². The van der Waals surface area contributed by atoms with Crippen LogP contribution in [0, 0.1) is 11.8 Å². The van der Waals surface area contributed by atoms with Crippen LogP contribution < -0.4 is 16.0 Å². The number of carbonyl (C=O) groups excluding carboxylic acids is 1. The van der Waals surface area contributed by atoms with Gasteiger partial charge < -0.3 is 21.1 Å². The lowest BCUT2D eigenvalue weighted by molar-refractivity contribution is 0.0942. The second kappa shape index (κ2) is 6.41. The molecule has 7 heteroatoms. The Morgan fingerprint density at radius 2 is 2.20 bits per heavy atom. The molecule has 1 aliphatic rings. The molecule has 0 aromatic carbocycles. The maximum absolute atomic E-state index is 12.2. The number of aromatic nitrogens is 1. The standard InChI is InChI=1S/C13H22N4O2S/c1-17(2)13-16-11(14)10(20-13)12(19)15-6-8-4-3-5-9(8)7-18/h8-9,18H,3-7,14H2,1-2H3,(H,15,19). The van der Waals surface area contributed by atoms with Crippen LogP contribution in [-0.2, 0) is 0 Å². The van der Waals surface area contributed by atoms with Crippen LogP contribution in [0.25, 0.3) is 0 Å². The molecule has 2 rings (SSSR count). The summed E-state index contributed by atoms with van der Waals surface area (Å²) in [6, 6.07) is 0. The molecule has 1 fully saturated rings. The Hall–Kier alpha value is -1.34. The number of hydrogen-bond acceptors (Lipinski definition) is 6. The molecule has 0 aliphatic heterocycles. The van der Waals surface area contributed by atoms with E-state index < -0.39 is 0 Å². The van der Waals surface area contributed by atoms with Gasteiger partial charge in [0.2, 0.25) is 0 Å². The van der Waals surface area contributed by atoms with E-state index in [0.29, 0.717) is 23.3 Å². The predicted octanol–water partition coefficient (Wildman–Crippen LogP) is 0.930. The zero-order valence-corrected chi connectivity index (χ0v) is 12.7. The fourth-order valence-corrected chi connectivity index (χ4v) is 3.43. The van der Waals surface area contributed by atoms with Gasteiger partial charge in [0.1, 0.15) is 10.7 Å². The molecule has 4 N–H and O–H groups in total. The summed E-state index contributed by atoms with van der Waals surface area (Å²) in [7, 11) is 3.73. The third-order valence-electron chi connectivity index (χ3n) is 3.81. The van der Waals surface area contributed by atoms with E-state index >= 15 is 0 Å². The molecule has 2 unspecified atom stereocenters. The fraction of sp³-hybridized carbons (Fsp3) is 0.692. The molecule has 1 aromatic rings. The second-order valence-electron chi connectivity index (χ2n) is 5.45. The topological polar surface area (TPSA) is 91.5 Å². The predicted molar refractivity (Wildman–Crippen MR) is 81.1 cm³/mol. The van der Waals surface area contributed by atoms with Gasteiger partial charge in [-0.2, -0.15) is 0 Å². The highest BCUT2D eigenvalue weighted by atomic mass is 32.1. The Morgan fingerprint density at radius 1 is 1.50 bits per heavy atom. The number of carbonyl (C=O) groups is 1. The summed E-state index contributed by atoms with van der Waals surface area (Å²) in [4.78, 5) is 18.6. The van der Waals surface area contributed by atoms with Crippen molar-refractivity contribution in [3.8, 4) is 0 Å². The number of thiazole rings is 1. The molecular weight excluding hydrogens is 276 g/mol. The van der Waals surface area contributed by atoms with Crippen LogP contribution in [0.3, 0.4) is 0 Å². The van der Waals surface area contributed by atoms with E-state index in [-0.39, 0.29) is 18.3 Å². The van der Waals surface area contributed by atoms with E-state index in [1.807, 2.05) is 19.0 Å². The first-order valence-electron chi connectivity index (χ1n) is 6.85. The van der Waals surface area contributed by atoms with Gasteiger partial charge in [0, 0.05) is 27.2 Å². The number of hydrogen-bond donors (Lipinski definition) is 3. The van der Waals surface area contributed by atoms with Crippen LogP contribution in [0.1, 0.15) is 28.9 Å². The Balaban J connectivity index is 1.95.